The summed E-state index contributed by atoms with van der Waals surface area (Å²) < 4.78 is 17.4. The van der Waals surface area contributed by atoms with Crippen LogP contribution in [0.3, 0.4) is 0 Å². The van der Waals surface area contributed by atoms with Gasteiger partial charge < -0.3 is 19.1 Å². The number of carbonyl (C=O) groups excluding carboxylic acids is 2. The van der Waals surface area contributed by atoms with E-state index in [1.165, 1.54) is 4.90 Å². The van der Waals surface area contributed by atoms with Crippen molar-refractivity contribution in [2.75, 3.05) is 6.61 Å². The molecule has 39 heavy (non-hydrogen) atoms. The van der Waals surface area contributed by atoms with E-state index in [9.17, 15) is 20.0 Å². The highest BCUT2D eigenvalue weighted by Gasteiger charge is 2.95. The molecule has 1 N–H and O–H groups in total. The summed E-state index contributed by atoms with van der Waals surface area (Å²) in [6.45, 7) is 2.17. The minimum absolute atomic E-state index is 0.214. The number of carbonyl (C=O) groups is 2. The predicted molar refractivity (Wildman–Crippen MR) is 135 cm³/mol. The lowest BCUT2D eigenvalue weighted by atomic mass is 9.48. The Morgan fingerprint density at radius 3 is 2.72 bits per heavy atom. The summed E-state index contributed by atoms with van der Waals surface area (Å²) >= 11 is 0. The van der Waals surface area contributed by atoms with Gasteiger partial charge in [0.1, 0.15) is 5.60 Å². The molecule has 3 heterocycles. The fourth-order valence-electron chi connectivity index (χ4n) is 8.22. The number of hydrogen-bond acceptors (Lipinski definition) is 8. The zero-order chi connectivity index (χ0) is 26.7. The molecule has 2 aromatic rings. The van der Waals surface area contributed by atoms with E-state index in [0.717, 1.165) is 5.39 Å². The second kappa shape index (κ2) is 7.56. The number of imide groups is 1. The number of fused-ring (bicyclic) bond motifs is 4. The van der Waals surface area contributed by atoms with Gasteiger partial charge >= 0.3 is 0 Å². The highest BCUT2D eigenvalue weighted by atomic mass is 16.6. The smallest absolute Gasteiger partial charge is 0.262 e. The van der Waals surface area contributed by atoms with E-state index in [4.69, 9.17) is 14.0 Å². The third-order valence-electron chi connectivity index (χ3n) is 10.0. The Balaban J connectivity index is 1.04. The molecule has 1 aromatic heterocycles. The first-order valence-corrected chi connectivity index (χ1v) is 13.3. The van der Waals surface area contributed by atoms with Crippen LogP contribution in [0.2, 0.25) is 0 Å². The van der Waals surface area contributed by atoms with Crippen molar-refractivity contribution in [1.29, 1.82) is 5.26 Å². The van der Waals surface area contributed by atoms with Crippen LogP contribution in [0.1, 0.15) is 13.3 Å². The first-order chi connectivity index (χ1) is 18.9. The van der Waals surface area contributed by atoms with Crippen molar-refractivity contribution in [2.24, 2.45) is 35.0 Å². The molecular weight excluding hydrogens is 498 g/mol. The molecule has 2 aliphatic heterocycles. The molecule has 9 nitrogen and oxygen atoms in total. The number of allylic oxidation sites excluding steroid dienone is 7. The molecule has 2 saturated heterocycles. The molecule has 1 spiro atoms. The number of ether oxygens (including phenoxy) is 2. The van der Waals surface area contributed by atoms with Gasteiger partial charge in [0.25, 0.3) is 5.88 Å². The molecule has 9 heteroatoms. The van der Waals surface area contributed by atoms with Gasteiger partial charge in [-0.05, 0) is 35.9 Å². The monoisotopic (exact) mass is 523 g/mol. The largest absolute Gasteiger partial charge is 0.475 e. The Morgan fingerprint density at radius 1 is 1.13 bits per heavy atom. The minimum Gasteiger partial charge on any atom is -0.475 e. The Hall–Kier alpha value is -4.00. The molecule has 6 aliphatic rings. The van der Waals surface area contributed by atoms with Gasteiger partial charge in [0.05, 0.1) is 42.1 Å². The van der Waals surface area contributed by atoms with E-state index in [0.29, 0.717) is 29.2 Å². The zero-order valence-electron chi connectivity index (χ0n) is 21.1. The highest BCUT2D eigenvalue weighted by Crippen LogP contribution is 2.80. The second-order valence-electron chi connectivity index (χ2n) is 11.5. The number of likely N-dealkylation sites (tertiary alicyclic amines) is 1. The summed E-state index contributed by atoms with van der Waals surface area (Å²) in [6.07, 6.45) is 10.4. The molecule has 8 rings (SSSR count). The van der Waals surface area contributed by atoms with Gasteiger partial charge in [-0.15, -0.1) is 0 Å². The number of aliphatic hydroxyl groups is 1. The first kappa shape index (κ1) is 22.9. The molecule has 2 amide bonds. The number of benzene rings is 1. The number of rotatable bonds is 5. The van der Waals surface area contributed by atoms with Crippen LogP contribution in [0.4, 0.5) is 0 Å². The normalized spacial score (nSPS) is 40.7. The number of aliphatic hydroxyl groups excluding tert-OH is 1. The van der Waals surface area contributed by atoms with Gasteiger partial charge in [0, 0.05) is 34.4 Å². The van der Waals surface area contributed by atoms with Crippen LogP contribution in [-0.4, -0.2) is 51.4 Å². The van der Waals surface area contributed by atoms with Crippen molar-refractivity contribution in [1.82, 2.24) is 10.1 Å². The van der Waals surface area contributed by atoms with E-state index < -0.39 is 29.0 Å². The maximum atomic E-state index is 13.9. The van der Waals surface area contributed by atoms with Gasteiger partial charge in [-0.25, -0.2) is 0 Å². The number of hydrogen-bond donors (Lipinski definition) is 1. The maximum absolute atomic E-state index is 13.9. The lowest BCUT2D eigenvalue weighted by Gasteiger charge is -2.53. The van der Waals surface area contributed by atoms with Gasteiger partial charge in [-0.3, -0.25) is 14.5 Å². The van der Waals surface area contributed by atoms with Crippen LogP contribution >= 0.6 is 0 Å². The number of aromatic nitrogens is 1. The zero-order valence-corrected chi connectivity index (χ0v) is 21.1. The topological polar surface area (TPSA) is 129 Å². The number of epoxide rings is 1. The third kappa shape index (κ3) is 2.59. The van der Waals surface area contributed by atoms with E-state index in [1.807, 2.05) is 55.5 Å². The van der Waals surface area contributed by atoms with Crippen LogP contribution in [0, 0.1) is 46.3 Å². The number of nitrogens with zero attached hydrogens (tertiary/aromatic N) is 3. The molecule has 6 unspecified atom stereocenters. The molecule has 9 atom stereocenters. The lowest BCUT2D eigenvalue weighted by Crippen LogP contribution is -2.66. The van der Waals surface area contributed by atoms with Crippen molar-refractivity contribution in [3.63, 3.8) is 0 Å². The summed E-state index contributed by atoms with van der Waals surface area (Å²) in [5, 5.41) is 25.9. The van der Waals surface area contributed by atoms with Crippen LogP contribution in [0.15, 0.2) is 76.5 Å². The van der Waals surface area contributed by atoms with Crippen LogP contribution in [0.5, 0.6) is 5.88 Å². The molecule has 4 fully saturated rings. The average Bonchev–Trinajstić information content (AvgIpc) is 3.48. The van der Waals surface area contributed by atoms with Gasteiger partial charge in [-0.1, -0.05) is 43.4 Å². The quantitative estimate of drug-likeness (QED) is 0.468. The van der Waals surface area contributed by atoms with Crippen molar-refractivity contribution in [2.45, 2.75) is 31.2 Å². The Kier molecular flexibility index (Phi) is 4.44. The fourth-order valence-corrected chi connectivity index (χ4v) is 8.22. The SMILES string of the molecule is CC12[C@@H]3C(=O)N(C4=CC=C(C#N)C5C=CC=CC45)C(=O)[C@@H]3C13OC3C(CCOc1noc3ccccc13)[C@@H]2O. The average molecular weight is 524 g/mol. The van der Waals surface area contributed by atoms with Crippen molar-refractivity contribution >= 4 is 22.8 Å². The van der Waals surface area contributed by atoms with Crippen LogP contribution < -0.4 is 4.74 Å². The summed E-state index contributed by atoms with van der Waals surface area (Å²) in [6, 6.07) is 9.66. The number of amides is 2. The van der Waals surface area contributed by atoms with Gasteiger partial charge in [-0.2, -0.15) is 5.26 Å². The molecule has 1 aromatic carbocycles. The van der Waals surface area contributed by atoms with Gasteiger partial charge in [0.15, 0.2) is 5.58 Å². The molecule has 196 valence electrons. The standard InChI is InChI=1S/C30H25N3O6/c1-29-22-23(28(36)33(27(22)35)20-11-10-15(14-31)16-6-2-3-7-17(16)20)30(29)25(38-30)19(24(29)34)12-13-37-26-18-8-4-5-9-21(18)39-32-26/h2-11,16-17,19,22-25,34H,12-13H2,1H3/t16?,17?,19?,22-,23+,24-,25?,29?,30?/m0/s1. The van der Waals surface area contributed by atoms with E-state index >= 15 is 0 Å². The summed E-state index contributed by atoms with van der Waals surface area (Å²) in [5.41, 5.74) is 0.113. The molecule has 0 radical (unpaired) electrons. The first-order valence-electron chi connectivity index (χ1n) is 13.3. The summed E-state index contributed by atoms with van der Waals surface area (Å²) in [4.78, 5) is 29.0. The van der Waals surface area contributed by atoms with Crippen molar-refractivity contribution in [3.05, 3.63) is 72.0 Å². The number of nitriles is 1. The molecular formula is C30H25N3O6. The Labute approximate surface area is 223 Å². The summed E-state index contributed by atoms with van der Waals surface area (Å²) in [7, 11) is 0. The Bertz CT molecular complexity index is 1630. The van der Waals surface area contributed by atoms with Crippen molar-refractivity contribution in [3.8, 4) is 11.9 Å². The van der Waals surface area contributed by atoms with E-state index in [1.54, 1.807) is 12.2 Å². The van der Waals surface area contributed by atoms with E-state index in [-0.39, 0.29) is 42.3 Å². The van der Waals surface area contributed by atoms with Crippen LogP contribution in [0.25, 0.3) is 11.0 Å². The highest BCUT2D eigenvalue weighted by molar-refractivity contribution is 6.10. The Morgan fingerprint density at radius 2 is 1.90 bits per heavy atom. The predicted octanol–water partition coefficient (Wildman–Crippen LogP) is 3.05. The van der Waals surface area contributed by atoms with E-state index in [2.05, 4.69) is 11.2 Å². The van der Waals surface area contributed by atoms with Crippen molar-refractivity contribution < 1.29 is 28.7 Å². The minimum atomic E-state index is -0.861. The van der Waals surface area contributed by atoms with Gasteiger partial charge in [0.2, 0.25) is 11.8 Å². The maximum Gasteiger partial charge on any atom is 0.262 e. The fraction of sp³-hybridized carbons (Fsp3) is 0.400. The lowest BCUT2D eigenvalue weighted by molar-refractivity contribution is -0.188. The third-order valence-corrected chi connectivity index (χ3v) is 10.0. The molecule has 0 bridgehead atoms. The van der Waals surface area contributed by atoms with Crippen LogP contribution in [-0.2, 0) is 14.3 Å². The summed E-state index contributed by atoms with van der Waals surface area (Å²) in [5.74, 6) is -2.20. The number of para-hydroxylation sites is 1. The molecule has 2 saturated carbocycles. The second-order valence-corrected chi connectivity index (χ2v) is 11.5. The molecule has 4 aliphatic carbocycles.